The molecule has 0 spiro atoms. The number of nitrogens with one attached hydrogen (secondary N) is 1. The van der Waals surface area contributed by atoms with E-state index in [1.54, 1.807) is 37.4 Å². The Balaban J connectivity index is 1.87. The molecule has 0 radical (unpaired) electrons. The average Bonchev–Trinajstić information content (AvgIpc) is 2.64. The molecule has 0 aliphatic heterocycles. The fraction of sp³-hybridized carbons (Fsp3) is 0.0556. The van der Waals surface area contributed by atoms with Gasteiger partial charge in [-0.25, -0.2) is 4.68 Å². The molecular formula is C18H13ClN4O4. The second-order valence-corrected chi connectivity index (χ2v) is 6.05. The van der Waals surface area contributed by atoms with Crippen molar-refractivity contribution < 1.29 is 9.72 Å². The Morgan fingerprint density at radius 1 is 1.19 bits per heavy atom. The van der Waals surface area contributed by atoms with Crippen LogP contribution in [0, 0.1) is 10.1 Å². The van der Waals surface area contributed by atoms with E-state index >= 15 is 0 Å². The molecule has 0 saturated carbocycles. The average molecular weight is 385 g/mol. The van der Waals surface area contributed by atoms with Gasteiger partial charge in [0.05, 0.1) is 10.6 Å². The fourth-order valence-electron chi connectivity index (χ4n) is 2.41. The first-order valence-electron chi connectivity index (χ1n) is 7.75. The minimum Gasteiger partial charge on any atom is -0.322 e. The Morgan fingerprint density at radius 3 is 2.67 bits per heavy atom. The summed E-state index contributed by atoms with van der Waals surface area (Å²) in [5.74, 6) is -0.514. The molecule has 9 heteroatoms. The Bertz CT molecular complexity index is 1110. The number of halogens is 1. The van der Waals surface area contributed by atoms with Gasteiger partial charge in [0.1, 0.15) is 5.02 Å². The van der Waals surface area contributed by atoms with Crippen LogP contribution in [0.15, 0.2) is 59.4 Å². The molecule has 136 valence electrons. The van der Waals surface area contributed by atoms with Gasteiger partial charge >= 0.3 is 0 Å². The Morgan fingerprint density at radius 2 is 1.96 bits per heavy atom. The first-order valence-corrected chi connectivity index (χ1v) is 8.13. The lowest BCUT2D eigenvalue weighted by atomic mass is 10.1. The smallest absolute Gasteiger partial charge is 0.288 e. The van der Waals surface area contributed by atoms with Crippen molar-refractivity contribution >= 4 is 28.9 Å². The third kappa shape index (κ3) is 4.01. The maximum absolute atomic E-state index is 12.4. The first kappa shape index (κ1) is 18.3. The predicted molar refractivity (Wildman–Crippen MR) is 101 cm³/mol. The minimum absolute atomic E-state index is 0.0423. The number of carbonyl (C=O) groups is 1. The number of benzene rings is 2. The number of nitro groups is 1. The van der Waals surface area contributed by atoms with E-state index in [1.807, 2.05) is 0 Å². The van der Waals surface area contributed by atoms with Crippen LogP contribution in [0.4, 0.5) is 11.4 Å². The van der Waals surface area contributed by atoms with Gasteiger partial charge in [0.25, 0.3) is 17.2 Å². The summed E-state index contributed by atoms with van der Waals surface area (Å²) >= 11 is 5.76. The molecule has 27 heavy (non-hydrogen) atoms. The summed E-state index contributed by atoms with van der Waals surface area (Å²) in [5.41, 5.74) is 1.28. The highest BCUT2D eigenvalue weighted by Crippen LogP contribution is 2.26. The van der Waals surface area contributed by atoms with Crippen LogP contribution in [0.2, 0.25) is 5.02 Å². The van der Waals surface area contributed by atoms with Crippen LogP contribution in [-0.4, -0.2) is 20.6 Å². The first-order chi connectivity index (χ1) is 12.8. The van der Waals surface area contributed by atoms with Crippen LogP contribution in [0.1, 0.15) is 10.4 Å². The molecule has 0 aliphatic carbocycles. The highest BCUT2D eigenvalue weighted by Gasteiger charge is 2.16. The number of aromatic nitrogens is 2. The topological polar surface area (TPSA) is 107 Å². The van der Waals surface area contributed by atoms with Crippen LogP contribution in [0.25, 0.3) is 11.3 Å². The van der Waals surface area contributed by atoms with E-state index in [4.69, 9.17) is 11.6 Å². The van der Waals surface area contributed by atoms with E-state index in [0.717, 1.165) is 6.07 Å². The second kappa shape index (κ2) is 7.38. The van der Waals surface area contributed by atoms with Crippen molar-refractivity contribution in [1.29, 1.82) is 0 Å². The number of nitrogens with zero attached hydrogens (tertiary/aromatic N) is 3. The maximum atomic E-state index is 12.4. The molecule has 0 fully saturated rings. The molecule has 2 aromatic carbocycles. The summed E-state index contributed by atoms with van der Waals surface area (Å²) in [6.07, 6.45) is 0. The van der Waals surface area contributed by atoms with E-state index < -0.39 is 10.8 Å². The number of anilines is 1. The van der Waals surface area contributed by atoms with Gasteiger partial charge in [-0.3, -0.25) is 19.7 Å². The minimum atomic E-state index is -0.648. The number of hydrogen-bond donors (Lipinski definition) is 1. The summed E-state index contributed by atoms with van der Waals surface area (Å²) in [6.45, 7) is 0. The van der Waals surface area contributed by atoms with Gasteiger partial charge in [-0.1, -0.05) is 23.7 Å². The third-order valence-corrected chi connectivity index (χ3v) is 4.10. The van der Waals surface area contributed by atoms with E-state index in [9.17, 15) is 19.7 Å². The zero-order valence-corrected chi connectivity index (χ0v) is 14.8. The lowest BCUT2D eigenvalue weighted by Gasteiger charge is -2.08. The van der Waals surface area contributed by atoms with E-state index in [-0.39, 0.29) is 21.8 Å². The van der Waals surface area contributed by atoms with E-state index in [1.165, 1.54) is 22.9 Å². The monoisotopic (exact) mass is 384 g/mol. The van der Waals surface area contributed by atoms with E-state index in [0.29, 0.717) is 16.9 Å². The number of nitro benzene ring substituents is 1. The van der Waals surface area contributed by atoms with Crippen LogP contribution in [0.3, 0.4) is 0 Å². The molecule has 3 rings (SSSR count). The van der Waals surface area contributed by atoms with Gasteiger partial charge in [0.2, 0.25) is 0 Å². The van der Waals surface area contributed by atoms with Crippen molar-refractivity contribution in [2.24, 2.45) is 7.05 Å². The summed E-state index contributed by atoms with van der Waals surface area (Å²) in [5, 5.41) is 17.8. The Hall–Kier alpha value is -3.52. The molecular weight excluding hydrogens is 372 g/mol. The zero-order valence-electron chi connectivity index (χ0n) is 14.0. The van der Waals surface area contributed by atoms with Gasteiger partial charge in [0, 0.05) is 36.0 Å². The number of hydrogen-bond acceptors (Lipinski definition) is 5. The Kier molecular flexibility index (Phi) is 5.00. The molecule has 0 unspecified atom stereocenters. The number of aryl methyl sites for hydroxylation is 1. The molecule has 1 aromatic heterocycles. The molecule has 1 amide bonds. The predicted octanol–water partition coefficient (Wildman–Crippen LogP) is 3.26. The molecule has 0 atom stereocenters. The van der Waals surface area contributed by atoms with Gasteiger partial charge in [-0.2, -0.15) is 5.10 Å². The van der Waals surface area contributed by atoms with Crippen molar-refractivity contribution in [3.8, 4) is 11.3 Å². The third-order valence-electron chi connectivity index (χ3n) is 3.78. The number of rotatable bonds is 4. The van der Waals surface area contributed by atoms with Crippen molar-refractivity contribution in [1.82, 2.24) is 9.78 Å². The normalized spacial score (nSPS) is 10.4. The number of carbonyl (C=O) groups excluding carboxylic acids is 1. The fourth-order valence-corrected chi connectivity index (χ4v) is 2.60. The lowest BCUT2D eigenvalue weighted by Crippen LogP contribution is -2.18. The SMILES string of the molecule is Cn1nc(-c2cccc(NC(=O)c3ccc(Cl)c([N+](=O)[O-])c3)c2)ccc1=O. The molecule has 1 heterocycles. The molecule has 0 aliphatic rings. The summed E-state index contributed by atoms with van der Waals surface area (Å²) in [7, 11) is 1.55. The van der Waals surface area contributed by atoms with Crippen LogP contribution < -0.4 is 10.9 Å². The highest BCUT2D eigenvalue weighted by molar-refractivity contribution is 6.32. The quantitative estimate of drug-likeness (QED) is 0.548. The van der Waals surface area contributed by atoms with Gasteiger partial charge in [0.15, 0.2) is 0 Å². The zero-order chi connectivity index (χ0) is 19.6. The molecule has 1 N–H and O–H groups in total. The van der Waals surface area contributed by atoms with Crippen molar-refractivity contribution in [3.63, 3.8) is 0 Å². The number of amides is 1. The summed E-state index contributed by atoms with van der Waals surface area (Å²) < 4.78 is 1.22. The summed E-state index contributed by atoms with van der Waals surface area (Å²) in [4.78, 5) is 34.2. The van der Waals surface area contributed by atoms with Crippen LogP contribution in [0.5, 0.6) is 0 Å². The summed E-state index contributed by atoms with van der Waals surface area (Å²) in [6, 6.07) is 13.7. The standard InChI is InChI=1S/C18H13ClN4O4/c1-22-17(24)8-7-15(21-22)11-3-2-4-13(9-11)20-18(25)12-5-6-14(19)16(10-12)23(26)27/h2-10H,1H3,(H,20,25). The van der Waals surface area contributed by atoms with Crippen LogP contribution in [-0.2, 0) is 7.05 Å². The molecule has 0 bridgehead atoms. The maximum Gasteiger partial charge on any atom is 0.288 e. The van der Waals surface area contributed by atoms with Crippen molar-refractivity contribution in [3.05, 3.63) is 85.7 Å². The molecule has 3 aromatic rings. The van der Waals surface area contributed by atoms with Crippen LogP contribution >= 0.6 is 11.6 Å². The van der Waals surface area contributed by atoms with Gasteiger partial charge in [-0.15, -0.1) is 0 Å². The lowest BCUT2D eigenvalue weighted by molar-refractivity contribution is -0.384. The van der Waals surface area contributed by atoms with Gasteiger partial charge < -0.3 is 5.32 Å². The largest absolute Gasteiger partial charge is 0.322 e. The second-order valence-electron chi connectivity index (χ2n) is 5.64. The molecule has 8 nitrogen and oxygen atoms in total. The van der Waals surface area contributed by atoms with Crippen molar-refractivity contribution in [2.45, 2.75) is 0 Å². The van der Waals surface area contributed by atoms with Gasteiger partial charge in [-0.05, 0) is 30.3 Å². The molecule has 0 saturated heterocycles. The Labute approximate surface area is 158 Å². The highest BCUT2D eigenvalue weighted by atomic mass is 35.5. The van der Waals surface area contributed by atoms with E-state index in [2.05, 4.69) is 10.4 Å². The van der Waals surface area contributed by atoms with Crippen molar-refractivity contribution in [2.75, 3.05) is 5.32 Å².